The van der Waals surface area contributed by atoms with Gasteiger partial charge in [-0.25, -0.2) is 0 Å². The number of aryl methyl sites for hydroxylation is 1. The second-order valence-electron chi connectivity index (χ2n) is 4.10. The summed E-state index contributed by atoms with van der Waals surface area (Å²) < 4.78 is 5.17. The summed E-state index contributed by atoms with van der Waals surface area (Å²) in [6, 6.07) is 5.33. The molecule has 0 aromatic heterocycles. The Balaban J connectivity index is 2.96. The van der Waals surface area contributed by atoms with Crippen LogP contribution < -0.4 is 16.2 Å². The summed E-state index contributed by atoms with van der Waals surface area (Å²) in [5.74, 6) is 0.796. The van der Waals surface area contributed by atoms with Crippen LogP contribution in [0.25, 0.3) is 0 Å². The lowest BCUT2D eigenvalue weighted by atomic mass is 9.94. The Morgan fingerprint density at radius 2 is 2.12 bits per heavy atom. The zero-order valence-corrected chi connectivity index (χ0v) is 10.5. The molecule has 2 atom stereocenters. The Kier molecular flexibility index (Phi) is 5.41. The maximum Gasteiger partial charge on any atom is 0.119 e. The molecule has 0 heterocycles. The van der Waals surface area contributed by atoms with Crippen LogP contribution in [-0.2, 0) is 6.42 Å². The minimum Gasteiger partial charge on any atom is -0.497 e. The van der Waals surface area contributed by atoms with Crippen LogP contribution in [-0.4, -0.2) is 24.8 Å². The molecule has 0 saturated heterocycles. The van der Waals surface area contributed by atoms with Crippen molar-refractivity contribution in [3.05, 3.63) is 29.3 Å². The summed E-state index contributed by atoms with van der Waals surface area (Å²) >= 11 is 0. The highest BCUT2D eigenvalue weighted by molar-refractivity contribution is 5.37. The third kappa shape index (κ3) is 3.43. The first-order valence-corrected chi connectivity index (χ1v) is 5.94. The second-order valence-corrected chi connectivity index (χ2v) is 4.10. The Labute approximate surface area is 103 Å². The van der Waals surface area contributed by atoms with E-state index in [1.165, 1.54) is 0 Å². The fourth-order valence-corrected chi connectivity index (χ4v) is 1.88. The summed E-state index contributed by atoms with van der Waals surface area (Å²) in [6.07, 6.45) is 0.773. The standard InChI is InChI=1S/C13H22N2O2/c1-3-9-8-10(17-2)4-5-11(9)13(16)12(15)6-7-14/h4-5,8,12-13,16H,3,6-7,14-15H2,1-2H3. The summed E-state index contributed by atoms with van der Waals surface area (Å²) in [5.41, 5.74) is 13.3. The quantitative estimate of drug-likeness (QED) is 0.689. The van der Waals surface area contributed by atoms with Gasteiger partial charge in [0.1, 0.15) is 5.75 Å². The summed E-state index contributed by atoms with van der Waals surface area (Å²) in [6.45, 7) is 2.52. The first kappa shape index (κ1) is 14.0. The maximum absolute atomic E-state index is 10.2. The largest absolute Gasteiger partial charge is 0.497 e. The van der Waals surface area contributed by atoms with Gasteiger partial charge in [-0.05, 0) is 42.6 Å². The highest BCUT2D eigenvalue weighted by Gasteiger charge is 2.19. The molecule has 0 aliphatic heterocycles. The molecule has 1 rings (SSSR count). The van der Waals surface area contributed by atoms with Gasteiger partial charge < -0.3 is 21.3 Å². The summed E-state index contributed by atoms with van der Waals surface area (Å²) in [4.78, 5) is 0. The normalized spacial score (nSPS) is 14.4. The van der Waals surface area contributed by atoms with E-state index >= 15 is 0 Å². The van der Waals surface area contributed by atoms with E-state index in [9.17, 15) is 5.11 Å². The van der Waals surface area contributed by atoms with Crippen LogP contribution in [0, 0.1) is 0 Å². The first-order chi connectivity index (χ1) is 8.13. The molecule has 4 heteroatoms. The minimum absolute atomic E-state index is 0.321. The molecule has 0 radical (unpaired) electrons. The molecule has 5 N–H and O–H groups in total. The first-order valence-electron chi connectivity index (χ1n) is 5.94. The van der Waals surface area contributed by atoms with E-state index in [0.717, 1.165) is 23.3 Å². The molecule has 0 bridgehead atoms. The fraction of sp³-hybridized carbons (Fsp3) is 0.538. The molecule has 17 heavy (non-hydrogen) atoms. The maximum atomic E-state index is 10.2. The van der Waals surface area contributed by atoms with Gasteiger partial charge in [0.25, 0.3) is 0 Å². The van der Waals surface area contributed by atoms with Crippen molar-refractivity contribution in [1.29, 1.82) is 0 Å². The van der Waals surface area contributed by atoms with Crippen molar-refractivity contribution in [1.82, 2.24) is 0 Å². The number of hydrogen-bond acceptors (Lipinski definition) is 4. The number of ether oxygens (including phenoxy) is 1. The lowest BCUT2D eigenvalue weighted by molar-refractivity contribution is 0.142. The van der Waals surface area contributed by atoms with Gasteiger partial charge >= 0.3 is 0 Å². The van der Waals surface area contributed by atoms with E-state index in [0.29, 0.717) is 13.0 Å². The molecule has 4 nitrogen and oxygen atoms in total. The van der Waals surface area contributed by atoms with Crippen LogP contribution in [0.5, 0.6) is 5.75 Å². The number of methoxy groups -OCH3 is 1. The van der Waals surface area contributed by atoms with Gasteiger partial charge in [0.05, 0.1) is 13.2 Å². The van der Waals surface area contributed by atoms with Crippen molar-refractivity contribution in [2.45, 2.75) is 31.9 Å². The molecule has 0 amide bonds. The van der Waals surface area contributed by atoms with Crippen molar-refractivity contribution >= 4 is 0 Å². The molecule has 2 unspecified atom stereocenters. The Bertz CT molecular complexity index is 355. The second kappa shape index (κ2) is 6.59. The van der Waals surface area contributed by atoms with Crippen molar-refractivity contribution in [3.8, 4) is 5.75 Å². The molecule has 1 aromatic carbocycles. The highest BCUT2D eigenvalue weighted by atomic mass is 16.5. The molecule has 0 fully saturated rings. The predicted molar refractivity (Wildman–Crippen MR) is 69.0 cm³/mol. The molecule has 0 spiro atoms. The van der Waals surface area contributed by atoms with E-state index in [-0.39, 0.29) is 6.04 Å². The van der Waals surface area contributed by atoms with Gasteiger partial charge in [0.15, 0.2) is 0 Å². The van der Waals surface area contributed by atoms with E-state index in [1.54, 1.807) is 7.11 Å². The topological polar surface area (TPSA) is 81.5 Å². The lowest BCUT2D eigenvalue weighted by Gasteiger charge is -2.21. The van der Waals surface area contributed by atoms with Gasteiger partial charge in [-0.3, -0.25) is 0 Å². The summed E-state index contributed by atoms with van der Waals surface area (Å²) in [5, 5.41) is 10.2. The van der Waals surface area contributed by atoms with Gasteiger partial charge in [-0.1, -0.05) is 13.0 Å². The number of rotatable bonds is 6. The van der Waals surface area contributed by atoms with Crippen molar-refractivity contribution < 1.29 is 9.84 Å². The van der Waals surface area contributed by atoms with Crippen LogP contribution >= 0.6 is 0 Å². The van der Waals surface area contributed by atoms with E-state index in [4.69, 9.17) is 16.2 Å². The van der Waals surface area contributed by atoms with Crippen molar-refractivity contribution in [3.63, 3.8) is 0 Å². The van der Waals surface area contributed by atoms with Crippen LogP contribution in [0.1, 0.15) is 30.6 Å². The third-order valence-electron chi connectivity index (χ3n) is 2.96. The zero-order valence-electron chi connectivity index (χ0n) is 10.5. The SMILES string of the molecule is CCc1cc(OC)ccc1C(O)C(N)CCN. The van der Waals surface area contributed by atoms with Crippen LogP contribution in [0.3, 0.4) is 0 Å². The van der Waals surface area contributed by atoms with E-state index < -0.39 is 6.10 Å². The van der Waals surface area contributed by atoms with Crippen LogP contribution in [0.2, 0.25) is 0 Å². The molecule has 0 aliphatic carbocycles. The monoisotopic (exact) mass is 238 g/mol. The molecule has 1 aromatic rings. The fourth-order valence-electron chi connectivity index (χ4n) is 1.88. The Morgan fingerprint density at radius 1 is 1.41 bits per heavy atom. The minimum atomic E-state index is -0.667. The third-order valence-corrected chi connectivity index (χ3v) is 2.96. The van der Waals surface area contributed by atoms with Gasteiger partial charge in [-0.15, -0.1) is 0 Å². The van der Waals surface area contributed by atoms with Gasteiger partial charge in [-0.2, -0.15) is 0 Å². The Hall–Kier alpha value is -1.10. The van der Waals surface area contributed by atoms with Gasteiger partial charge in [0.2, 0.25) is 0 Å². The van der Waals surface area contributed by atoms with E-state index in [1.807, 2.05) is 25.1 Å². The number of aliphatic hydroxyl groups excluding tert-OH is 1. The number of benzene rings is 1. The lowest BCUT2D eigenvalue weighted by Crippen LogP contribution is -2.31. The molecule has 96 valence electrons. The highest BCUT2D eigenvalue weighted by Crippen LogP contribution is 2.25. The average Bonchev–Trinajstić information content (AvgIpc) is 2.37. The number of hydrogen-bond donors (Lipinski definition) is 3. The van der Waals surface area contributed by atoms with Gasteiger partial charge in [0, 0.05) is 6.04 Å². The van der Waals surface area contributed by atoms with Crippen LogP contribution in [0.15, 0.2) is 18.2 Å². The average molecular weight is 238 g/mol. The smallest absolute Gasteiger partial charge is 0.119 e. The predicted octanol–water partition coefficient (Wildman–Crippen LogP) is 0.967. The molecular formula is C13H22N2O2. The zero-order chi connectivity index (χ0) is 12.8. The number of nitrogens with two attached hydrogens (primary N) is 2. The van der Waals surface area contributed by atoms with Crippen molar-refractivity contribution in [2.24, 2.45) is 11.5 Å². The van der Waals surface area contributed by atoms with E-state index in [2.05, 4.69) is 0 Å². The van der Waals surface area contributed by atoms with Crippen molar-refractivity contribution in [2.75, 3.05) is 13.7 Å². The Morgan fingerprint density at radius 3 is 2.65 bits per heavy atom. The molecular weight excluding hydrogens is 216 g/mol. The summed E-state index contributed by atoms with van der Waals surface area (Å²) in [7, 11) is 1.63. The molecule has 0 saturated carbocycles. The molecule has 0 aliphatic rings. The number of aliphatic hydroxyl groups is 1. The van der Waals surface area contributed by atoms with Crippen LogP contribution in [0.4, 0.5) is 0 Å².